The number of nitrogens with zero attached hydrogens (tertiary/aromatic N) is 1. The summed E-state index contributed by atoms with van der Waals surface area (Å²) >= 11 is 0. The van der Waals surface area contributed by atoms with Gasteiger partial charge in [-0.3, -0.25) is 0 Å². The highest BCUT2D eigenvalue weighted by Gasteiger charge is 2.40. The van der Waals surface area contributed by atoms with Gasteiger partial charge in [-0.25, -0.2) is 0 Å². The molecule has 0 atom stereocenters. The molecule has 0 N–H and O–H groups in total. The number of para-hydroxylation sites is 3. The van der Waals surface area contributed by atoms with E-state index in [1.165, 1.54) is 5.56 Å². The molecule has 8 aromatic rings. The van der Waals surface area contributed by atoms with Gasteiger partial charge in [0.05, 0.1) is 11.4 Å². The second kappa shape index (κ2) is 11.2. The zero-order valence-corrected chi connectivity index (χ0v) is 28.7. The van der Waals surface area contributed by atoms with E-state index in [4.69, 9.17) is 13.9 Å². The Morgan fingerprint density at radius 3 is 1.78 bits per heavy atom. The predicted octanol–water partition coefficient (Wildman–Crippen LogP) is 10.7. The summed E-state index contributed by atoms with van der Waals surface area (Å²) in [4.78, 5) is 2.32. The summed E-state index contributed by atoms with van der Waals surface area (Å²) in [6.45, 7) is 6.75. The minimum atomic E-state index is 0.00486. The minimum absolute atomic E-state index is 0.00486. The molecule has 2 aliphatic rings. The van der Waals surface area contributed by atoms with E-state index in [-0.39, 0.29) is 12.1 Å². The van der Waals surface area contributed by atoms with Crippen molar-refractivity contribution in [3.63, 3.8) is 0 Å². The molecule has 0 saturated heterocycles. The van der Waals surface area contributed by atoms with Crippen LogP contribution >= 0.6 is 0 Å². The van der Waals surface area contributed by atoms with Gasteiger partial charge >= 0.3 is 0 Å². The lowest BCUT2D eigenvalue weighted by molar-refractivity contribution is 0.465. The summed E-state index contributed by atoms with van der Waals surface area (Å²) in [6.07, 6.45) is 0. The van der Waals surface area contributed by atoms with Crippen LogP contribution in [-0.4, -0.2) is 6.71 Å². The lowest BCUT2D eigenvalue weighted by Gasteiger charge is -2.35. The largest absolute Gasteiger partial charge is 0.458 e. The summed E-state index contributed by atoms with van der Waals surface area (Å²) in [5, 5.41) is 2.18. The Kier molecular flexibility index (Phi) is 6.50. The molecule has 0 fully saturated rings. The second-order valence-corrected chi connectivity index (χ2v) is 14.5. The first-order chi connectivity index (χ1) is 24.9. The van der Waals surface area contributed by atoms with E-state index in [0.717, 1.165) is 89.5 Å². The number of hydrogen-bond donors (Lipinski definition) is 0. The average molecular weight is 660 g/mol. The second-order valence-electron chi connectivity index (χ2n) is 14.5. The Morgan fingerprint density at radius 2 is 1.12 bits per heavy atom. The SMILES string of the molecule is CC(C)(C)c1ccc(N(c2cc3c4c(c2)Oc2ccccc2B4c2ccccc2O3)c2cc3oc4ccccc4c3cc2-c2ccccc2)cc1. The Hall–Kier alpha value is -6.20. The Balaban J connectivity index is 1.25. The van der Waals surface area contributed by atoms with Crippen molar-refractivity contribution in [1.29, 1.82) is 0 Å². The maximum Gasteiger partial charge on any atom is 0.260 e. The summed E-state index contributed by atoms with van der Waals surface area (Å²) in [5.41, 5.74) is 11.5. The third kappa shape index (κ3) is 4.76. The van der Waals surface area contributed by atoms with Gasteiger partial charge in [-0.2, -0.15) is 0 Å². The lowest BCUT2D eigenvalue weighted by atomic mass is 9.35. The monoisotopic (exact) mass is 659 g/mol. The number of anilines is 3. The molecule has 3 heterocycles. The first-order valence-corrected chi connectivity index (χ1v) is 17.5. The summed E-state index contributed by atoms with van der Waals surface area (Å²) < 4.78 is 20.1. The van der Waals surface area contributed by atoms with Gasteiger partial charge in [-0.15, -0.1) is 0 Å². The number of hydrogen-bond acceptors (Lipinski definition) is 4. The molecule has 5 heteroatoms. The van der Waals surface area contributed by atoms with E-state index < -0.39 is 0 Å². The molecule has 7 aromatic carbocycles. The predicted molar refractivity (Wildman–Crippen MR) is 210 cm³/mol. The lowest BCUT2D eigenvalue weighted by Crippen LogP contribution is -2.57. The molecule has 1 aromatic heterocycles. The highest BCUT2D eigenvalue weighted by molar-refractivity contribution is 6.98. The van der Waals surface area contributed by atoms with Crippen molar-refractivity contribution in [2.24, 2.45) is 0 Å². The highest BCUT2D eigenvalue weighted by Crippen LogP contribution is 2.47. The van der Waals surface area contributed by atoms with Crippen molar-refractivity contribution in [3.05, 3.63) is 157 Å². The van der Waals surface area contributed by atoms with E-state index in [9.17, 15) is 0 Å². The summed E-state index contributed by atoms with van der Waals surface area (Å²) in [5.74, 6) is 3.32. The van der Waals surface area contributed by atoms with Crippen molar-refractivity contribution < 1.29 is 13.9 Å². The number of ether oxygens (including phenoxy) is 2. The zero-order chi connectivity index (χ0) is 34.3. The standard InChI is InChI=1S/C46H34BNO3/c1-46(2,3)30-21-23-31(24-22-30)48(38-28-42-35(33-15-7-10-18-39(33)49-42)27-34(38)29-13-5-4-6-14-29)32-25-43-45-44(26-32)51-41-20-12-9-17-37(41)47(45)36-16-8-11-19-40(36)50-43/h4-28H,1-3H3. The first-order valence-electron chi connectivity index (χ1n) is 17.5. The number of fused-ring (bicyclic) bond motifs is 7. The number of rotatable bonds is 4. The fourth-order valence-corrected chi connectivity index (χ4v) is 7.84. The Bertz CT molecular complexity index is 2570. The Labute approximate surface area is 297 Å². The van der Waals surface area contributed by atoms with Gasteiger partial charge in [0.25, 0.3) is 6.71 Å². The molecule has 244 valence electrons. The van der Waals surface area contributed by atoms with Gasteiger partial charge in [-0.05, 0) is 63.9 Å². The van der Waals surface area contributed by atoms with Crippen LogP contribution in [0.5, 0.6) is 23.0 Å². The zero-order valence-electron chi connectivity index (χ0n) is 28.7. The van der Waals surface area contributed by atoms with Gasteiger partial charge in [0.2, 0.25) is 0 Å². The molecule has 2 aliphatic heterocycles. The maximum atomic E-state index is 6.77. The van der Waals surface area contributed by atoms with E-state index in [2.05, 4.69) is 153 Å². The fraction of sp³-hybridized carbons (Fsp3) is 0.0870. The normalized spacial score (nSPS) is 12.9. The van der Waals surface area contributed by atoms with Gasteiger partial charge in [0.1, 0.15) is 34.2 Å². The van der Waals surface area contributed by atoms with E-state index >= 15 is 0 Å². The number of benzene rings is 7. The van der Waals surface area contributed by atoms with Crippen LogP contribution in [0.2, 0.25) is 0 Å². The molecule has 0 unspecified atom stereocenters. The first kappa shape index (κ1) is 29.7. The van der Waals surface area contributed by atoms with Gasteiger partial charge in [0, 0.05) is 45.7 Å². The van der Waals surface area contributed by atoms with Crippen molar-refractivity contribution in [3.8, 4) is 34.1 Å². The van der Waals surface area contributed by atoms with Gasteiger partial charge in [-0.1, -0.05) is 118 Å². The van der Waals surface area contributed by atoms with Crippen molar-refractivity contribution >= 4 is 62.1 Å². The van der Waals surface area contributed by atoms with Crippen LogP contribution in [-0.2, 0) is 5.41 Å². The van der Waals surface area contributed by atoms with Crippen LogP contribution in [0.4, 0.5) is 17.1 Å². The molecule has 0 saturated carbocycles. The maximum absolute atomic E-state index is 6.77. The molecule has 51 heavy (non-hydrogen) atoms. The summed E-state index contributed by atoms with van der Waals surface area (Å²) in [6, 6.07) is 53.3. The molecule has 10 rings (SSSR count). The van der Waals surface area contributed by atoms with Crippen molar-refractivity contribution in [2.45, 2.75) is 26.2 Å². The van der Waals surface area contributed by atoms with Crippen molar-refractivity contribution in [2.75, 3.05) is 4.90 Å². The molecular weight excluding hydrogens is 625 g/mol. The molecular formula is C46H34BNO3. The molecule has 0 radical (unpaired) electrons. The summed E-state index contributed by atoms with van der Waals surface area (Å²) in [7, 11) is 0. The van der Waals surface area contributed by atoms with Gasteiger partial charge in [0.15, 0.2) is 0 Å². The smallest absolute Gasteiger partial charge is 0.260 e. The molecule has 4 nitrogen and oxygen atoms in total. The average Bonchev–Trinajstić information content (AvgIpc) is 3.52. The molecule has 0 spiro atoms. The fourth-order valence-electron chi connectivity index (χ4n) is 7.84. The minimum Gasteiger partial charge on any atom is -0.458 e. The van der Waals surface area contributed by atoms with E-state index in [1.54, 1.807) is 0 Å². The third-order valence-electron chi connectivity index (χ3n) is 10.3. The van der Waals surface area contributed by atoms with Crippen LogP contribution < -0.4 is 30.8 Å². The topological polar surface area (TPSA) is 34.8 Å². The van der Waals surface area contributed by atoms with Crippen LogP contribution in [0.1, 0.15) is 26.3 Å². The van der Waals surface area contributed by atoms with E-state index in [1.807, 2.05) is 24.3 Å². The van der Waals surface area contributed by atoms with E-state index in [0.29, 0.717) is 0 Å². The molecule has 0 aliphatic carbocycles. The van der Waals surface area contributed by atoms with Crippen LogP contribution in [0, 0.1) is 0 Å². The number of furan rings is 1. The molecule has 0 amide bonds. The van der Waals surface area contributed by atoms with Crippen LogP contribution in [0.15, 0.2) is 156 Å². The van der Waals surface area contributed by atoms with Crippen LogP contribution in [0.3, 0.4) is 0 Å². The van der Waals surface area contributed by atoms with Crippen molar-refractivity contribution in [1.82, 2.24) is 0 Å². The Morgan fingerprint density at radius 1 is 0.510 bits per heavy atom. The molecule has 0 bridgehead atoms. The highest BCUT2D eigenvalue weighted by atomic mass is 16.5. The third-order valence-corrected chi connectivity index (χ3v) is 10.3. The quantitative estimate of drug-likeness (QED) is 0.176. The van der Waals surface area contributed by atoms with Gasteiger partial charge < -0.3 is 18.8 Å². The van der Waals surface area contributed by atoms with Crippen LogP contribution in [0.25, 0.3) is 33.1 Å².